The zero-order valence-corrected chi connectivity index (χ0v) is 16.2. The van der Waals surface area contributed by atoms with Crippen molar-refractivity contribution in [2.45, 2.75) is 39.7 Å². The molecule has 28 heavy (non-hydrogen) atoms. The maximum atomic E-state index is 12.8. The lowest BCUT2D eigenvalue weighted by atomic mass is 10.0. The van der Waals surface area contributed by atoms with Gasteiger partial charge in [-0.15, -0.1) is 0 Å². The normalized spacial score (nSPS) is 14.8. The maximum Gasteiger partial charge on any atom is 0.270 e. The SMILES string of the molecule is Cc1cc(C(=O)NC2CCN(C(=O)c3cc([N+](=O)[O-])ccc3C)CC2)c(C)o1. The largest absolute Gasteiger partial charge is 0.466 e. The van der Waals surface area contributed by atoms with E-state index in [4.69, 9.17) is 4.42 Å². The van der Waals surface area contributed by atoms with Crippen molar-refractivity contribution in [3.05, 3.63) is 62.6 Å². The molecule has 1 N–H and O–H groups in total. The lowest BCUT2D eigenvalue weighted by Crippen LogP contribution is -2.46. The van der Waals surface area contributed by atoms with Gasteiger partial charge < -0.3 is 14.6 Å². The van der Waals surface area contributed by atoms with Crippen molar-refractivity contribution >= 4 is 17.5 Å². The molecule has 1 saturated heterocycles. The van der Waals surface area contributed by atoms with Gasteiger partial charge >= 0.3 is 0 Å². The van der Waals surface area contributed by atoms with Crippen LogP contribution in [0.1, 0.15) is 50.6 Å². The Bertz CT molecular complexity index is 926. The van der Waals surface area contributed by atoms with E-state index in [1.165, 1.54) is 12.1 Å². The lowest BCUT2D eigenvalue weighted by molar-refractivity contribution is -0.384. The van der Waals surface area contributed by atoms with Crippen LogP contribution in [0.15, 0.2) is 28.7 Å². The van der Waals surface area contributed by atoms with Crippen molar-refractivity contribution in [3.63, 3.8) is 0 Å². The minimum atomic E-state index is -0.502. The van der Waals surface area contributed by atoms with Crippen LogP contribution in [-0.2, 0) is 0 Å². The summed E-state index contributed by atoms with van der Waals surface area (Å²) in [4.78, 5) is 37.4. The van der Waals surface area contributed by atoms with Crippen LogP contribution in [0.2, 0.25) is 0 Å². The number of hydrogen-bond acceptors (Lipinski definition) is 5. The van der Waals surface area contributed by atoms with Crippen LogP contribution < -0.4 is 5.32 Å². The Morgan fingerprint density at radius 3 is 2.39 bits per heavy atom. The second-order valence-electron chi connectivity index (χ2n) is 7.12. The highest BCUT2D eigenvalue weighted by Gasteiger charge is 2.27. The van der Waals surface area contributed by atoms with Gasteiger partial charge in [0.2, 0.25) is 0 Å². The van der Waals surface area contributed by atoms with E-state index in [-0.39, 0.29) is 23.5 Å². The van der Waals surface area contributed by atoms with E-state index in [1.807, 2.05) is 0 Å². The molecule has 8 heteroatoms. The van der Waals surface area contributed by atoms with Crippen LogP contribution >= 0.6 is 0 Å². The summed E-state index contributed by atoms with van der Waals surface area (Å²) in [5.41, 5.74) is 1.49. The number of nitrogens with zero attached hydrogens (tertiary/aromatic N) is 2. The van der Waals surface area contributed by atoms with Gasteiger partial charge in [0.05, 0.1) is 10.5 Å². The first-order chi connectivity index (χ1) is 13.3. The van der Waals surface area contributed by atoms with Crippen LogP contribution in [0, 0.1) is 30.9 Å². The summed E-state index contributed by atoms with van der Waals surface area (Å²) in [6.07, 6.45) is 1.25. The van der Waals surface area contributed by atoms with Crippen molar-refractivity contribution in [2.24, 2.45) is 0 Å². The average Bonchev–Trinajstić information content (AvgIpc) is 3.00. The molecule has 8 nitrogen and oxygen atoms in total. The number of hydrogen-bond donors (Lipinski definition) is 1. The third-order valence-corrected chi connectivity index (χ3v) is 5.07. The third kappa shape index (κ3) is 4.05. The molecule has 0 saturated carbocycles. The third-order valence-electron chi connectivity index (χ3n) is 5.07. The Labute approximate surface area is 162 Å². The van der Waals surface area contributed by atoms with Crippen molar-refractivity contribution < 1.29 is 18.9 Å². The monoisotopic (exact) mass is 385 g/mol. The van der Waals surface area contributed by atoms with Gasteiger partial charge in [0.25, 0.3) is 17.5 Å². The van der Waals surface area contributed by atoms with E-state index >= 15 is 0 Å². The smallest absolute Gasteiger partial charge is 0.270 e. The molecule has 2 heterocycles. The minimum absolute atomic E-state index is 0.0302. The number of non-ortho nitro benzene ring substituents is 1. The Kier molecular flexibility index (Phi) is 5.48. The number of likely N-dealkylation sites (tertiary alicyclic amines) is 1. The highest BCUT2D eigenvalue weighted by molar-refractivity contribution is 5.97. The quantitative estimate of drug-likeness (QED) is 0.643. The Hall–Kier alpha value is -3.16. The van der Waals surface area contributed by atoms with Crippen molar-refractivity contribution in [1.29, 1.82) is 0 Å². The van der Waals surface area contributed by atoms with Gasteiger partial charge in [-0.1, -0.05) is 6.07 Å². The van der Waals surface area contributed by atoms with Crippen molar-refractivity contribution in [3.8, 4) is 0 Å². The molecule has 1 aliphatic heterocycles. The van der Waals surface area contributed by atoms with Gasteiger partial charge in [0, 0.05) is 36.8 Å². The fraction of sp³-hybridized carbons (Fsp3) is 0.400. The minimum Gasteiger partial charge on any atom is -0.466 e. The van der Waals surface area contributed by atoms with Crippen LogP contribution in [0.4, 0.5) is 5.69 Å². The second-order valence-corrected chi connectivity index (χ2v) is 7.12. The van der Waals surface area contributed by atoms with E-state index in [9.17, 15) is 19.7 Å². The summed E-state index contributed by atoms with van der Waals surface area (Å²) in [7, 11) is 0. The molecule has 1 aliphatic rings. The van der Waals surface area contributed by atoms with Gasteiger partial charge in [-0.3, -0.25) is 19.7 Å². The number of carbonyl (C=O) groups excluding carboxylic acids is 2. The number of nitro groups is 1. The maximum absolute atomic E-state index is 12.8. The molecular formula is C20H23N3O5. The van der Waals surface area contributed by atoms with Gasteiger partial charge in [0.15, 0.2) is 0 Å². The molecule has 2 amide bonds. The highest BCUT2D eigenvalue weighted by Crippen LogP contribution is 2.21. The van der Waals surface area contributed by atoms with Crippen molar-refractivity contribution in [2.75, 3.05) is 13.1 Å². The predicted molar refractivity (Wildman–Crippen MR) is 102 cm³/mol. The van der Waals surface area contributed by atoms with Crippen molar-refractivity contribution in [1.82, 2.24) is 10.2 Å². The molecule has 1 aromatic carbocycles. The fourth-order valence-corrected chi connectivity index (χ4v) is 3.47. The average molecular weight is 385 g/mol. The molecule has 0 spiro atoms. The van der Waals surface area contributed by atoms with E-state index < -0.39 is 4.92 Å². The Morgan fingerprint density at radius 1 is 1.14 bits per heavy atom. The molecule has 1 aromatic heterocycles. The molecule has 0 radical (unpaired) electrons. The first-order valence-electron chi connectivity index (χ1n) is 9.18. The van der Waals surface area contributed by atoms with Gasteiger partial charge in [0.1, 0.15) is 11.5 Å². The lowest BCUT2D eigenvalue weighted by Gasteiger charge is -2.32. The molecule has 0 unspecified atom stereocenters. The van der Waals surface area contributed by atoms with E-state index in [2.05, 4.69) is 5.32 Å². The number of piperidine rings is 1. The van der Waals surface area contributed by atoms with E-state index in [0.29, 0.717) is 54.1 Å². The zero-order chi connectivity index (χ0) is 20.4. The standard InChI is InChI=1S/C20H23N3O5/c1-12-4-5-16(23(26)27)11-17(12)20(25)22-8-6-15(7-9-22)21-19(24)18-10-13(2)28-14(18)3/h4-5,10-11,15H,6-9H2,1-3H3,(H,21,24). The molecular weight excluding hydrogens is 362 g/mol. The zero-order valence-electron chi connectivity index (χ0n) is 16.2. The second kappa shape index (κ2) is 7.84. The van der Waals surface area contributed by atoms with E-state index in [1.54, 1.807) is 37.8 Å². The topological polar surface area (TPSA) is 106 Å². The van der Waals surface area contributed by atoms with Gasteiger partial charge in [-0.2, -0.15) is 0 Å². The number of furan rings is 1. The molecule has 0 bridgehead atoms. The van der Waals surface area contributed by atoms with Crippen LogP contribution in [0.3, 0.4) is 0 Å². The predicted octanol–water partition coefficient (Wildman–Crippen LogP) is 3.15. The number of carbonyl (C=O) groups is 2. The van der Waals surface area contributed by atoms with Crippen LogP contribution in [0.25, 0.3) is 0 Å². The number of aryl methyl sites for hydroxylation is 3. The van der Waals surface area contributed by atoms with Gasteiger partial charge in [-0.25, -0.2) is 0 Å². The number of rotatable bonds is 4. The van der Waals surface area contributed by atoms with Crippen LogP contribution in [0.5, 0.6) is 0 Å². The number of nitrogens with one attached hydrogen (secondary N) is 1. The number of amides is 2. The Balaban J connectivity index is 1.61. The summed E-state index contributed by atoms with van der Waals surface area (Å²) in [6, 6.07) is 6.00. The summed E-state index contributed by atoms with van der Waals surface area (Å²) in [5, 5.41) is 14.0. The molecule has 2 aromatic rings. The van der Waals surface area contributed by atoms with Gasteiger partial charge in [-0.05, 0) is 45.2 Å². The first kappa shape index (κ1) is 19.6. The van der Waals surface area contributed by atoms with E-state index in [0.717, 1.165) is 0 Å². The molecule has 0 aliphatic carbocycles. The summed E-state index contributed by atoms with van der Waals surface area (Å²) in [6.45, 7) is 6.28. The van der Waals surface area contributed by atoms with Crippen LogP contribution in [-0.4, -0.2) is 40.8 Å². The molecule has 1 fully saturated rings. The Morgan fingerprint density at radius 2 is 1.82 bits per heavy atom. The molecule has 3 rings (SSSR count). The fourth-order valence-electron chi connectivity index (χ4n) is 3.47. The molecule has 0 atom stereocenters. The molecule has 148 valence electrons. The first-order valence-corrected chi connectivity index (χ1v) is 9.18. The number of nitro benzene ring substituents is 1. The number of benzene rings is 1. The summed E-state index contributed by atoms with van der Waals surface area (Å²) < 4.78 is 5.40. The summed E-state index contributed by atoms with van der Waals surface area (Å²) in [5.74, 6) is 0.889. The summed E-state index contributed by atoms with van der Waals surface area (Å²) >= 11 is 0. The highest BCUT2D eigenvalue weighted by atomic mass is 16.6.